The second kappa shape index (κ2) is 6.94. The lowest BCUT2D eigenvalue weighted by molar-refractivity contribution is 0.0506. The first-order valence-corrected chi connectivity index (χ1v) is 7.29. The third kappa shape index (κ3) is 7.21. The van der Waals surface area contributed by atoms with Crippen LogP contribution in [0.1, 0.15) is 39.7 Å². The van der Waals surface area contributed by atoms with Crippen molar-refractivity contribution in [3.8, 4) is 0 Å². The molecule has 3 nitrogen and oxygen atoms in total. The molecular formula is C15H22BrNO2. The molecule has 0 radical (unpaired) electrons. The highest BCUT2D eigenvalue weighted by Gasteiger charge is 2.17. The van der Waals surface area contributed by atoms with Crippen molar-refractivity contribution in [3.05, 3.63) is 34.3 Å². The maximum Gasteiger partial charge on any atom is 0.407 e. The van der Waals surface area contributed by atoms with Crippen molar-refractivity contribution in [2.45, 2.75) is 52.2 Å². The second-order valence-electron chi connectivity index (χ2n) is 5.71. The van der Waals surface area contributed by atoms with Crippen LogP contribution < -0.4 is 5.32 Å². The lowest BCUT2D eigenvalue weighted by Gasteiger charge is -2.22. The SMILES string of the molecule is CC(CCc1ccc(Br)cc1)NC(=O)OC(C)(C)C. The molecule has 1 unspecified atom stereocenters. The van der Waals surface area contributed by atoms with Gasteiger partial charge in [-0.25, -0.2) is 4.79 Å². The van der Waals surface area contributed by atoms with Gasteiger partial charge in [-0.1, -0.05) is 28.1 Å². The van der Waals surface area contributed by atoms with Crippen LogP contribution in [-0.2, 0) is 11.2 Å². The zero-order valence-corrected chi connectivity index (χ0v) is 13.6. The summed E-state index contributed by atoms with van der Waals surface area (Å²) in [5.41, 5.74) is 0.816. The Morgan fingerprint density at radius 1 is 1.32 bits per heavy atom. The molecule has 1 aromatic carbocycles. The van der Waals surface area contributed by atoms with Gasteiger partial charge in [0.15, 0.2) is 0 Å². The molecule has 0 bridgehead atoms. The quantitative estimate of drug-likeness (QED) is 0.895. The van der Waals surface area contributed by atoms with Gasteiger partial charge in [-0.15, -0.1) is 0 Å². The van der Waals surface area contributed by atoms with E-state index in [1.165, 1.54) is 5.56 Å². The van der Waals surface area contributed by atoms with Crippen LogP contribution in [0, 0.1) is 0 Å². The van der Waals surface area contributed by atoms with Crippen LogP contribution in [0.5, 0.6) is 0 Å². The molecule has 0 aliphatic rings. The molecular weight excluding hydrogens is 306 g/mol. The maximum absolute atomic E-state index is 11.6. The number of carbonyl (C=O) groups excluding carboxylic acids is 1. The molecule has 0 fully saturated rings. The van der Waals surface area contributed by atoms with E-state index < -0.39 is 5.60 Å². The Morgan fingerprint density at radius 2 is 1.89 bits per heavy atom. The molecule has 0 aliphatic heterocycles. The summed E-state index contributed by atoms with van der Waals surface area (Å²) in [5, 5.41) is 2.85. The number of alkyl carbamates (subject to hydrolysis) is 1. The zero-order chi connectivity index (χ0) is 14.5. The fourth-order valence-electron chi connectivity index (χ4n) is 1.62. The number of carbonyl (C=O) groups is 1. The van der Waals surface area contributed by atoms with Gasteiger partial charge in [0.05, 0.1) is 0 Å². The zero-order valence-electron chi connectivity index (χ0n) is 12.0. The highest BCUT2D eigenvalue weighted by Crippen LogP contribution is 2.13. The number of amides is 1. The first-order chi connectivity index (χ1) is 8.76. The summed E-state index contributed by atoms with van der Waals surface area (Å²) < 4.78 is 6.30. The lowest BCUT2D eigenvalue weighted by atomic mass is 10.1. The number of halogens is 1. The summed E-state index contributed by atoms with van der Waals surface area (Å²) in [4.78, 5) is 11.6. The topological polar surface area (TPSA) is 38.3 Å². The minimum atomic E-state index is -0.449. The van der Waals surface area contributed by atoms with Crippen molar-refractivity contribution in [1.82, 2.24) is 5.32 Å². The Bertz CT molecular complexity index is 409. The predicted molar refractivity (Wildman–Crippen MR) is 81.3 cm³/mol. The third-order valence-electron chi connectivity index (χ3n) is 2.54. The van der Waals surface area contributed by atoms with E-state index in [0.29, 0.717) is 0 Å². The van der Waals surface area contributed by atoms with Crippen molar-refractivity contribution in [1.29, 1.82) is 0 Å². The van der Waals surface area contributed by atoms with Crippen LogP contribution in [-0.4, -0.2) is 17.7 Å². The van der Waals surface area contributed by atoms with Gasteiger partial charge in [-0.3, -0.25) is 0 Å². The van der Waals surface area contributed by atoms with Gasteiger partial charge in [0.25, 0.3) is 0 Å². The van der Waals surface area contributed by atoms with E-state index in [-0.39, 0.29) is 12.1 Å². The molecule has 4 heteroatoms. The van der Waals surface area contributed by atoms with Gasteiger partial charge in [-0.2, -0.15) is 0 Å². The first-order valence-electron chi connectivity index (χ1n) is 6.50. The van der Waals surface area contributed by atoms with Gasteiger partial charge in [-0.05, 0) is 58.2 Å². The summed E-state index contributed by atoms with van der Waals surface area (Å²) in [6, 6.07) is 8.33. The summed E-state index contributed by atoms with van der Waals surface area (Å²) in [6.07, 6.45) is 1.47. The second-order valence-corrected chi connectivity index (χ2v) is 6.63. The maximum atomic E-state index is 11.6. The third-order valence-corrected chi connectivity index (χ3v) is 3.07. The van der Waals surface area contributed by atoms with Gasteiger partial charge >= 0.3 is 6.09 Å². The molecule has 0 spiro atoms. The number of aryl methyl sites for hydroxylation is 1. The smallest absolute Gasteiger partial charge is 0.407 e. The van der Waals surface area contributed by atoms with Crippen LogP contribution in [0.25, 0.3) is 0 Å². The predicted octanol–water partition coefficient (Wildman–Crippen LogP) is 4.29. The number of rotatable bonds is 4. The monoisotopic (exact) mass is 327 g/mol. The van der Waals surface area contributed by atoms with E-state index in [4.69, 9.17) is 4.74 Å². The number of hydrogen-bond donors (Lipinski definition) is 1. The normalized spacial score (nSPS) is 12.9. The van der Waals surface area contributed by atoms with Gasteiger partial charge in [0.2, 0.25) is 0 Å². The standard InChI is InChI=1S/C15H22BrNO2/c1-11(17-14(18)19-15(2,3)4)5-6-12-7-9-13(16)10-8-12/h7-11H,5-6H2,1-4H3,(H,17,18). The molecule has 0 aliphatic carbocycles. The number of nitrogens with one attached hydrogen (secondary N) is 1. The average molecular weight is 328 g/mol. The molecule has 1 aromatic rings. The molecule has 106 valence electrons. The number of hydrogen-bond acceptors (Lipinski definition) is 2. The van der Waals surface area contributed by atoms with E-state index in [0.717, 1.165) is 17.3 Å². The fourth-order valence-corrected chi connectivity index (χ4v) is 1.88. The van der Waals surface area contributed by atoms with Crippen LogP contribution in [0.15, 0.2) is 28.7 Å². The van der Waals surface area contributed by atoms with Crippen molar-refractivity contribution >= 4 is 22.0 Å². The summed E-state index contributed by atoms with van der Waals surface area (Å²) >= 11 is 3.41. The van der Waals surface area contributed by atoms with E-state index >= 15 is 0 Å². The Balaban J connectivity index is 2.33. The average Bonchev–Trinajstić information content (AvgIpc) is 2.25. The minimum Gasteiger partial charge on any atom is -0.444 e. The van der Waals surface area contributed by atoms with Crippen LogP contribution >= 0.6 is 15.9 Å². The van der Waals surface area contributed by atoms with Gasteiger partial charge in [0.1, 0.15) is 5.60 Å². The summed E-state index contributed by atoms with van der Waals surface area (Å²) in [6.45, 7) is 7.57. The van der Waals surface area contributed by atoms with Crippen molar-refractivity contribution in [2.24, 2.45) is 0 Å². The van der Waals surface area contributed by atoms with E-state index in [2.05, 4.69) is 33.4 Å². The summed E-state index contributed by atoms with van der Waals surface area (Å²) in [7, 11) is 0. The molecule has 0 heterocycles. The van der Waals surface area contributed by atoms with Crippen molar-refractivity contribution < 1.29 is 9.53 Å². The van der Waals surface area contributed by atoms with Crippen LogP contribution in [0.2, 0.25) is 0 Å². The Morgan fingerprint density at radius 3 is 2.42 bits per heavy atom. The Hall–Kier alpha value is -1.03. The fraction of sp³-hybridized carbons (Fsp3) is 0.533. The van der Waals surface area contributed by atoms with Crippen molar-refractivity contribution in [3.63, 3.8) is 0 Å². The first kappa shape index (κ1) is 16.0. The molecule has 0 aromatic heterocycles. The Kier molecular flexibility index (Phi) is 5.85. The molecule has 0 saturated carbocycles. The van der Waals surface area contributed by atoms with Gasteiger partial charge in [0, 0.05) is 10.5 Å². The molecule has 1 rings (SSSR count). The van der Waals surface area contributed by atoms with E-state index in [9.17, 15) is 4.79 Å². The number of benzene rings is 1. The van der Waals surface area contributed by atoms with Crippen LogP contribution in [0.3, 0.4) is 0 Å². The highest BCUT2D eigenvalue weighted by molar-refractivity contribution is 9.10. The van der Waals surface area contributed by atoms with E-state index in [1.807, 2.05) is 39.8 Å². The highest BCUT2D eigenvalue weighted by atomic mass is 79.9. The molecule has 0 saturated heterocycles. The molecule has 1 N–H and O–H groups in total. The van der Waals surface area contributed by atoms with Gasteiger partial charge < -0.3 is 10.1 Å². The van der Waals surface area contributed by atoms with Crippen molar-refractivity contribution in [2.75, 3.05) is 0 Å². The Labute approximate surface area is 123 Å². The summed E-state index contributed by atoms with van der Waals surface area (Å²) in [5.74, 6) is 0. The molecule has 1 atom stereocenters. The van der Waals surface area contributed by atoms with Crippen LogP contribution in [0.4, 0.5) is 4.79 Å². The number of ether oxygens (including phenoxy) is 1. The molecule has 19 heavy (non-hydrogen) atoms. The lowest BCUT2D eigenvalue weighted by Crippen LogP contribution is -2.37. The molecule has 1 amide bonds. The largest absolute Gasteiger partial charge is 0.444 e. The van der Waals surface area contributed by atoms with E-state index in [1.54, 1.807) is 0 Å². The minimum absolute atomic E-state index is 0.0958.